The molecule has 1 heterocycles. The quantitative estimate of drug-likeness (QED) is 0.719. The lowest BCUT2D eigenvalue weighted by Crippen LogP contribution is -2.32. The van der Waals surface area contributed by atoms with Gasteiger partial charge in [-0.1, -0.05) is 18.2 Å². The van der Waals surface area contributed by atoms with Gasteiger partial charge in [-0.05, 0) is 55.7 Å². The first kappa shape index (κ1) is 16.5. The van der Waals surface area contributed by atoms with Crippen molar-refractivity contribution in [2.45, 2.75) is 57.5 Å². The smallest absolute Gasteiger partial charge is 0.322 e. The van der Waals surface area contributed by atoms with Gasteiger partial charge in [0.25, 0.3) is 5.91 Å². The minimum atomic E-state index is -0.609. The molecule has 0 radical (unpaired) electrons. The zero-order valence-corrected chi connectivity index (χ0v) is 13.9. The molecule has 6 heteroatoms. The van der Waals surface area contributed by atoms with Crippen LogP contribution in [0.5, 0.6) is 0 Å². The summed E-state index contributed by atoms with van der Waals surface area (Å²) in [7, 11) is 0. The van der Waals surface area contributed by atoms with Gasteiger partial charge in [0.15, 0.2) is 0 Å². The molecular weight excluding hydrogens is 306 g/mol. The monoisotopic (exact) mass is 329 g/mol. The maximum Gasteiger partial charge on any atom is 0.322 e. The minimum absolute atomic E-state index is 0.0725. The molecule has 6 nitrogen and oxygen atoms in total. The van der Waals surface area contributed by atoms with E-state index in [1.807, 2.05) is 6.92 Å². The van der Waals surface area contributed by atoms with Crippen molar-refractivity contribution in [2.24, 2.45) is 0 Å². The molecule has 1 aromatic carbocycles. The van der Waals surface area contributed by atoms with E-state index >= 15 is 0 Å². The Hall–Kier alpha value is -2.37. The van der Waals surface area contributed by atoms with Gasteiger partial charge in [-0.2, -0.15) is 0 Å². The van der Waals surface area contributed by atoms with Crippen molar-refractivity contribution in [1.29, 1.82) is 0 Å². The van der Waals surface area contributed by atoms with Gasteiger partial charge in [0.2, 0.25) is 5.91 Å². The summed E-state index contributed by atoms with van der Waals surface area (Å²) in [6.07, 6.45) is 5.25. The number of benzene rings is 1. The number of urea groups is 1. The second kappa shape index (κ2) is 7.03. The number of carbonyl (C=O) groups excluding carboxylic acids is 3. The van der Waals surface area contributed by atoms with Crippen molar-refractivity contribution in [3.8, 4) is 0 Å². The predicted molar refractivity (Wildman–Crippen MR) is 89.3 cm³/mol. The zero-order valence-electron chi connectivity index (χ0n) is 13.9. The molecular formula is C18H23N3O3. The first-order valence-electron chi connectivity index (χ1n) is 8.55. The van der Waals surface area contributed by atoms with Gasteiger partial charge in [-0.25, -0.2) is 4.79 Å². The zero-order chi connectivity index (χ0) is 17.1. The highest BCUT2D eigenvalue weighted by molar-refractivity contribution is 6.04. The lowest BCUT2D eigenvalue weighted by atomic mass is 9.89. The van der Waals surface area contributed by atoms with Gasteiger partial charge in [-0.3, -0.25) is 14.9 Å². The molecule has 1 aromatic rings. The molecule has 3 N–H and O–H groups in total. The number of fused-ring (bicyclic) bond motifs is 1. The number of amides is 4. The maximum atomic E-state index is 12.1. The third-order valence-electron chi connectivity index (χ3n) is 4.77. The molecule has 0 saturated carbocycles. The van der Waals surface area contributed by atoms with Crippen LogP contribution in [0.4, 0.5) is 4.79 Å². The molecule has 3 rings (SSSR count). The van der Waals surface area contributed by atoms with Crippen LogP contribution in [-0.4, -0.2) is 23.9 Å². The van der Waals surface area contributed by atoms with E-state index < -0.39 is 12.1 Å². The van der Waals surface area contributed by atoms with Crippen LogP contribution in [0.25, 0.3) is 0 Å². The van der Waals surface area contributed by atoms with E-state index in [4.69, 9.17) is 0 Å². The Balaban J connectivity index is 1.52. The summed E-state index contributed by atoms with van der Waals surface area (Å²) in [6, 6.07) is 5.28. The van der Waals surface area contributed by atoms with Gasteiger partial charge in [0, 0.05) is 6.42 Å². The van der Waals surface area contributed by atoms with Crippen LogP contribution >= 0.6 is 0 Å². The van der Waals surface area contributed by atoms with Crippen molar-refractivity contribution in [1.82, 2.24) is 16.0 Å². The van der Waals surface area contributed by atoms with Crippen LogP contribution in [0.15, 0.2) is 18.2 Å². The van der Waals surface area contributed by atoms with Crippen LogP contribution in [0.1, 0.15) is 55.3 Å². The summed E-state index contributed by atoms with van der Waals surface area (Å²) >= 11 is 0. The highest BCUT2D eigenvalue weighted by Crippen LogP contribution is 2.24. The Labute approximate surface area is 141 Å². The summed E-state index contributed by atoms with van der Waals surface area (Å²) < 4.78 is 0. The van der Waals surface area contributed by atoms with Crippen LogP contribution < -0.4 is 16.0 Å². The third-order valence-corrected chi connectivity index (χ3v) is 4.77. The maximum absolute atomic E-state index is 12.1. The molecule has 1 aliphatic heterocycles. The fourth-order valence-corrected chi connectivity index (χ4v) is 3.36. The average Bonchev–Trinajstić information content (AvgIpc) is 2.90. The molecule has 1 fully saturated rings. The molecule has 0 bridgehead atoms. The normalized spacial score (nSPS) is 20.8. The van der Waals surface area contributed by atoms with Gasteiger partial charge in [0.1, 0.15) is 6.04 Å². The number of aryl methyl sites for hydroxylation is 2. The Bertz CT molecular complexity index is 671. The van der Waals surface area contributed by atoms with Crippen LogP contribution in [0.2, 0.25) is 0 Å². The first-order chi connectivity index (χ1) is 11.5. The predicted octanol–water partition coefficient (Wildman–Crippen LogP) is 1.73. The summed E-state index contributed by atoms with van der Waals surface area (Å²) in [5.74, 6) is -0.482. The van der Waals surface area contributed by atoms with Crippen LogP contribution in [0.3, 0.4) is 0 Å². The van der Waals surface area contributed by atoms with Crippen molar-refractivity contribution < 1.29 is 14.4 Å². The van der Waals surface area contributed by atoms with E-state index in [2.05, 4.69) is 34.1 Å². The van der Waals surface area contributed by atoms with Crippen LogP contribution in [-0.2, 0) is 22.4 Å². The lowest BCUT2D eigenvalue weighted by molar-refractivity contribution is -0.122. The van der Waals surface area contributed by atoms with Crippen LogP contribution in [0, 0.1) is 0 Å². The van der Waals surface area contributed by atoms with E-state index in [0.29, 0.717) is 6.42 Å². The molecule has 2 unspecified atom stereocenters. The number of carbonyl (C=O) groups is 3. The average molecular weight is 329 g/mol. The molecule has 4 amide bonds. The molecule has 1 aliphatic carbocycles. The molecule has 2 atom stereocenters. The molecule has 1 saturated heterocycles. The SMILES string of the molecule is CC(NC(=O)CCC1NC(=O)NC1=O)c1ccc2c(c1)CCCC2. The molecule has 0 spiro atoms. The van der Waals surface area contributed by atoms with Crippen molar-refractivity contribution >= 4 is 17.8 Å². The molecule has 0 aromatic heterocycles. The van der Waals surface area contributed by atoms with Crippen molar-refractivity contribution in [3.05, 3.63) is 34.9 Å². The highest BCUT2D eigenvalue weighted by atomic mass is 16.2. The number of hydrogen-bond donors (Lipinski definition) is 3. The van der Waals surface area contributed by atoms with E-state index in [-0.39, 0.29) is 24.3 Å². The summed E-state index contributed by atoms with van der Waals surface area (Å²) in [4.78, 5) is 34.6. The number of imide groups is 1. The van der Waals surface area contributed by atoms with E-state index in [9.17, 15) is 14.4 Å². The standard InChI is InChI=1S/C18H23N3O3/c1-11(13-7-6-12-4-2-3-5-14(12)10-13)19-16(22)9-8-15-17(23)21-18(24)20-15/h6-7,10-11,15H,2-5,8-9H2,1H3,(H,19,22)(H2,20,21,23,24). The highest BCUT2D eigenvalue weighted by Gasteiger charge is 2.29. The van der Waals surface area contributed by atoms with E-state index in [1.165, 1.54) is 24.0 Å². The van der Waals surface area contributed by atoms with Gasteiger partial charge < -0.3 is 10.6 Å². The summed E-state index contributed by atoms with van der Waals surface area (Å²) in [5, 5.41) is 7.63. The lowest BCUT2D eigenvalue weighted by Gasteiger charge is -2.20. The largest absolute Gasteiger partial charge is 0.350 e. The van der Waals surface area contributed by atoms with Crippen molar-refractivity contribution in [3.63, 3.8) is 0 Å². The fraction of sp³-hybridized carbons (Fsp3) is 0.500. The second-order valence-electron chi connectivity index (χ2n) is 6.58. The second-order valence-corrected chi connectivity index (χ2v) is 6.58. The van der Waals surface area contributed by atoms with Gasteiger partial charge in [0.05, 0.1) is 6.04 Å². The Kier molecular flexibility index (Phi) is 4.83. The fourth-order valence-electron chi connectivity index (χ4n) is 3.36. The Morgan fingerprint density at radius 3 is 2.71 bits per heavy atom. The third kappa shape index (κ3) is 3.75. The summed E-state index contributed by atoms with van der Waals surface area (Å²) in [6.45, 7) is 1.96. The number of hydrogen-bond acceptors (Lipinski definition) is 3. The van der Waals surface area contributed by atoms with E-state index in [0.717, 1.165) is 18.4 Å². The number of rotatable bonds is 5. The number of nitrogens with one attached hydrogen (secondary N) is 3. The van der Waals surface area contributed by atoms with Gasteiger partial charge in [-0.15, -0.1) is 0 Å². The minimum Gasteiger partial charge on any atom is -0.350 e. The van der Waals surface area contributed by atoms with Crippen molar-refractivity contribution in [2.75, 3.05) is 0 Å². The molecule has 128 valence electrons. The first-order valence-corrected chi connectivity index (χ1v) is 8.55. The molecule has 24 heavy (non-hydrogen) atoms. The van der Waals surface area contributed by atoms with E-state index in [1.54, 1.807) is 0 Å². The van der Waals surface area contributed by atoms with Gasteiger partial charge >= 0.3 is 6.03 Å². The topological polar surface area (TPSA) is 87.3 Å². The summed E-state index contributed by atoms with van der Waals surface area (Å²) in [5.41, 5.74) is 3.92. The Morgan fingerprint density at radius 2 is 2.00 bits per heavy atom. The molecule has 2 aliphatic rings. The Morgan fingerprint density at radius 1 is 1.25 bits per heavy atom.